The predicted molar refractivity (Wildman–Crippen MR) is 94.3 cm³/mol. The molecule has 1 aromatic carbocycles. The summed E-state index contributed by atoms with van der Waals surface area (Å²) in [7, 11) is -1.61. The van der Waals surface area contributed by atoms with E-state index in [9.17, 15) is 0 Å². The number of hydrogen-bond donors (Lipinski definition) is 0. The molecule has 0 aliphatic heterocycles. The summed E-state index contributed by atoms with van der Waals surface area (Å²) in [5, 5.41) is 3.14. The van der Waals surface area contributed by atoms with Gasteiger partial charge in [-0.2, -0.15) is 0 Å². The molecule has 0 N–H and O–H groups in total. The average molecular weight is 311 g/mol. The summed E-state index contributed by atoms with van der Waals surface area (Å²) in [4.78, 5) is 0. The minimum atomic E-state index is -0.806. The highest BCUT2D eigenvalue weighted by molar-refractivity contribution is 6.73. The third-order valence-corrected chi connectivity index (χ3v) is 9.12. The van der Waals surface area contributed by atoms with Crippen LogP contribution in [-0.2, 0) is 9.47 Å². The molecule has 0 saturated carbocycles. The first-order valence-corrected chi connectivity index (χ1v) is 13.0. The van der Waals surface area contributed by atoms with Crippen molar-refractivity contribution in [2.45, 2.75) is 39.0 Å². The molecule has 4 heteroatoms. The van der Waals surface area contributed by atoms with E-state index in [1.165, 1.54) is 12.1 Å². The van der Waals surface area contributed by atoms with Crippen LogP contribution in [0.1, 0.15) is 13.8 Å². The van der Waals surface area contributed by atoms with Gasteiger partial charge in [0.1, 0.15) is 0 Å². The van der Waals surface area contributed by atoms with Crippen LogP contribution < -0.4 is 10.4 Å². The van der Waals surface area contributed by atoms with Crippen molar-refractivity contribution in [2.24, 2.45) is 0 Å². The largest absolute Gasteiger partial charge is 0.382 e. The molecule has 0 radical (unpaired) electrons. The summed E-state index contributed by atoms with van der Waals surface area (Å²) < 4.78 is 10.9. The quantitative estimate of drug-likeness (QED) is 0.485. The SMILES string of the molecule is CCOCC[SiH](C)c1ccc([SiH](C)CCOCC)cc1. The van der Waals surface area contributed by atoms with E-state index in [1.54, 1.807) is 10.4 Å². The van der Waals surface area contributed by atoms with Crippen molar-refractivity contribution in [3.8, 4) is 0 Å². The standard InChI is InChI=1S/C16H30O2Si2/c1-5-17-11-13-19(3)15-7-9-16(10-8-15)20(4)14-12-18-6-2/h7-10,19-20H,5-6,11-14H2,1-4H3. The fraction of sp³-hybridized carbons (Fsp3) is 0.625. The highest BCUT2D eigenvalue weighted by atomic mass is 28.3. The fourth-order valence-corrected chi connectivity index (χ4v) is 5.70. The summed E-state index contributed by atoms with van der Waals surface area (Å²) in [6, 6.07) is 11.9. The van der Waals surface area contributed by atoms with Crippen molar-refractivity contribution in [1.82, 2.24) is 0 Å². The van der Waals surface area contributed by atoms with E-state index < -0.39 is 17.6 Å². The van der Waals surface area contributed by atoms with Crippen LogP contribution in [0.4, 0.5) is 0 Å². The molecule has 2 unspecified atom stereocenters. The first kappa shape index (κ1) is 17.6. The van der Waals surface area contributed by atoms with Gasteiger partial charge in [0.25, 0.3) is 0 Å². The van der Waals surface area contributed by atoms with E-state index in [1.807, 2.05) is 0 Å². The predicted octanol–water partition coefficient (Wildman–Crippen LogP) is 1.89. The summed E-state index contributed by atoms with van der Waals surface area (Å²) in [5.41, 5.74) is 0. The summed E-state index contributed by atoms with van der Waals surface area (Å²) in [6.45, 7) is 12.5. The van der Waals surface area contributed by atoms with E-state index in [2.05, 4.69) is 51.2 Å². The minimum Gasteiger partial charge on any atom is -0.382 e. The molecule has 0 saturated heterocycles. The van der Waals surface area contributed by atoms with Gasteiger partial charge in [0.2, 0.25) is 0 Å². The van der Waals surface area contributed by atoms with Gasteiger partial charge in [0, 0.05) is 26.4 Å². The maximum Gasteiger partial charge on any atom is 0.0700 e. The van der Waals surface area contributed by atoms with Crippen molar-refractivity contribution < 1.29 is 9.47 Å². The van der Waals surface area contributed by atoms with Crippen molar-refractivity contribution in [1.29, 1.82) is 0 Å². The Labute approximate surface area is 127 Å². The Morgan fingerprint density at radius 3 is 1.40 bits per heavy atom. The Balaban J connectivity index is 2.46. The molecule has 20 heavy (non-hydrogen) atoms. The maximum atomic E-state index is 5.47. The summed E-state index contributed by atoms with van der Waals surface area (Å²) in [5.74, 6) is 0. The molecule has 0 heterocycles. The molecular weight excluding hydrogens is 280 g/mol. The van der Waals surface area contributed by atoms with Gasteiger partial charge < -0.3 is 9.47 Å². The number of hydrogen-bond acceptors (Lipinski definition) is 2. The van der Waals surface area contributed by atoms with E-state index in [0.717, 1.165) is 26.4 Å². The highest BCUT2D eigenvalue weighted by Crippen LogP contribution is 1.98. The Bertz CT molecular complexity index is 319. The lowest BCUT2D eigenvalue weighted by molar-refractivity contribution is 0.161. The van der Waals surface area contributed by atoms with Gasteiger partial charge in [-0.05, 0) is 25.9 Å². The smallest absolute Gasteiger partial charge is 0.0700 e. The first-order valence-electron chi connectivity index (χ1n) is 7.94. The second kappa shape index (κ2) is 10.3. The minimum absolute atomic E-state index is 0.806. The lowest BCUT2D eigenvalue weighted by atomic mass is 10.4. The molecule has 0 bridgehead atoms. The van der Waals surface area contributed by atoms with Crippen LogP contribution in [0.15, 0.2) is 24.3 Å². The zero-order chi connectivity index (χ0) is 14.8. The van der Waals surface area contributed by atoms with E-state index in [0.29, 0.717) is 0 Å². The molecule has 0 aliphatic carbocycles. The van der Waals surface area contributed by atoms with Crippen molar-refractivity contribution >= 4 is 28.0 Å². The van der Waals surface area contributed by atoms with E-state index in [-0.39, 0.29) is 0 Å². The van der Waals surface area contributed by atoms with Crippen LogP contribution in [0.2, 0.25) is 25.2 Å². The van der Waals surface area contributed by atoms with Crippen LogP contribution in [0, 0.1) is 0 Å². The van der Waals surface area contributed by atoms with Gasteiger partial charge in [-0.15, -0.1) is 0 Å². The van der Waals surface area contributed by atoms with Gasteiger partial charge in [-0.25, -0.2) is 0 Å². The Kier molecular flexibility index (Phi) is 9.10. The molecule has 0 amide bonds. The topological polar surface area (TPSA) is 18.5 Å². The molecule has 2 atom stereocenters. The first-order chi connectivity index (χ1) is 9.69. The lowest BCUT2D eigenvalue weighted by Crippen LogP contribution is -2.32. The third-order valence-electron chi connectivity index (χ3n) is 3.87. The second-order valence-electron chi connectivity index (χ2n) is 5.44. The Morgan fingerprint density at radius 2 is 1.10 bits per heavy atom. The van der Waals surface area contributed by atoms with Crippen LogP contribution in [0.25, 0.3) is 0 Å². The molecular formula is C16H30O2Si2. The summed E-state index contributed by atoms with van der Waals surface area (Å²) >= 11 is 0. The van der Waals surface area contributed by atoms with Gasteiger partial charge in [0.05, 0.1) is 17.6 Å². The number of ether oxygens (including phenoxy) is 2. The molecule has 0 aliphatic rings. The van der Waals surface area contributed by atoms with Crippen molar-refractivity contribution in [3.05, 3.63) is 24.3 Å². The molecule has 2 nitrogen and oxygen atoms in total. The van der Waals surface area contributed by atoms with Gasteiger partial charge in [-0.3, -0.25) is 0 Å². The highest BCUT2D eigenvalue weighted by Gasteiger charge is 2.10. The van der Waals surface area contributed by atoms with Crippen LogP contribution in [0.3, 0.4) is 0 Å². The van der Waals surface area contributed by atoms with Gasteiger partial charge in [0.15, 0.2) is 0 Å². The molecule has 0 aromatic heterocycles. The maximum absolute atomic E-state index is 5.47. The Hall–Kier alpha value is -0.426. The molecule has 1 aromatic rings. The zero-order valence-corrected chi connectivity index (χ0v) is 15.8. The Morgan fingerprint density at radius 1 is 0.750 bits per heavy atom. The lowest BCUT2D eigenvalue weighted by Gasteiger charge is -2.14. The third kappa shape index (κ3) is 6.35. The van der Waals surface area contributed by atoms with Crippen LogP contribution >= 0.6 is 0 Å². The van der Waals surface area contributed by atoms with Gasteiger partial charge in [-0.1, -0.05) is 47.7 Å². The molecule has 114 valence electrons. The molecule has 0 fully saturated rings. The second-order valence-corrected chi connectivity index (χ2v) is 11.5. The fourth-order valence-electron chi connectivity index (χ4n) is 2.30. The molecule has 0 spiro atoms. The van der Waals surface area contributed by atoms with Crippen molar-refractivity contribution in [3.63, 3.8) is 0 Å². The number of rotatable bonds is 10. The van der Waals surface area contributed by atoms with Crippen LogP contribution in [0.5, 0.6) is 0 Å². The monoisotopic (exact) mass is 310 g/mol. The van der Waals surface area contributed by atoms with Crippen molar-refractivity contribution in [2.75, 3.05) is 26.4 Å². The van der Waals surface area contributed by atoms with E-state index >= 15 is 0 Å². The normalized spacial score (nSPS) is 14.2. The number of benzene rings is 1. The average Bonchev–Trinajstić information content (AvgIpc) is 2.47. The summed E-state index contributed by atoms with van der Waals surface area (Å²) in [6.07, 6.45) is 0. The van der Waals surface area contributed by atoms with Gasteiger partial charge >= 0.3 is 0 Å². The van der Waals surface area contributed by atoms with E-state index in [4.69, 9.17) is 9.47 Å². The zero-order valence-electron chi connectivity index (χ0n) is 13.5. The molecule has 1 rings (SSSR count). The van der Waals surface area contributed by atoms with Crippen LogP contribution in [-0.4, -0.2) is 44.0 Å².